The molecule has 3 nitrogen and oxygen atoms in total. The van der Waals surface area contributed by atoms with Crippen LogP contribution in [0.3, 0.4) is 0 Å². The minimum atomic E-state index is 0.00981. The third-order valence-corrected chi connectivity index (χ3v) is 1.31. The molecule has 1 aromatic rings. The van der Waals surface area contributed by atoms with E-state index in [1.165, 1.54) is 6.92 Å². The van der Waals surface area contributed by atoms with Gasteiger partial charge in [-0.05, 0) is 6.92 Å². The summed E-state index contributed by atoms with van der Waals surface area (Å²) in [6.07, 6.45) is 1.83. The molecule has 0 aliphatic heterocycles. The summed E-state index contributed by atoms with van der Waals surface area (Å²) in [4.78, 5) is 14.8. The number of hydrogen-bond donors (Lipinski definition) is 0. The quantitative estimate of drug-likeness (QED) is 0.541. The van der Waals surface area contributed by atoms with Crippen LogP contribution in [0.1, 0.15) is 23.2 Å². The smallest absolute Gasteiger partial charge is 0.195 e. The zero-order valence-corrected chi connectivity index (χ0v) is 6.38. The van der Waals surface area contributed by atoms with Crippen molar-refractivity contribution in [3.63, 3.8) is 0 Å². The fourth-order valence-electron chi connectivity index (χ4n) is 0.943. The van der Waals surface area contributed by atoms with Crippen molar-refractivity contribution in [1.29, 1.82) is 0 Å². The van der Waals surface area contributed by atoms with E-state index in [2.05, 4.69) is 4.98 Å². The third-order valence-electron chi connectivity index (χ3n) is 1.31. The van der Waals surface area contributed by atoms with E-state index in [1.807, 2.05) is 20.2 Å². The van der Waals surface area contributed by atoms with Gasteiger partial charge in [0.15, 0.2) is 11.6 Å². The summed E-state index contributed by atoms with van der Waals surface area (Å²) in [5.74, 6) is 0.535. The Morgan fingerprint density at radius 1 is 1.70 bits per heavy atom. The molecule has 10 heavy (non-hydrogen) atoms. The topological polar surface area (TPSA) is 34.9 Å². The second-order valence-corrected chi connectivity index (χ2v) is 2.37. The highest BCUT2D eigenvalue weighted by Gasteiger charge is 2.05. The van der Waals surface area contributed by atoms with Crippen LogP contribution in [0.4, 0.5) is 0 Å². The summed E-state index contributed by atoms with van der Waals surface area (Å²) in [6.45, 7) is 3.38. The Hall–Kier alpha value is -1.12. The Morgan fingerprint density at radius 3 is 2.50 bits per heavy atom. The van der Waals surface area contributed by atoms with Crippen LogP contribution >= 0.6 is 0 Å². The standard InChI is InChI=1S/C7H10N2O/c1-5-4-9(3)7(8-5)6(2)10/h4H,1-3H3. The van der Waals surface area contributed by atoms with Crippen molar-refractivity contribution in [3.05, 3.63) is 17.7 Å². The predicted octanol–water partition coefficient (Wildman–Crippen LogP) is 0.931. The molecule has 0 fully saturated rings. The maximum Gasteiger partial charge on any atom is 0.195 e. The van der Waals surface area contributed by atoms with Crippen LogP contribution in [0.25, 0.3) is 0 Å². The van der Waals surface area contributed by atoms with Crippen LogP contribution in [-0.4, -0.2) is 15.3 Å². The van der Waals surface area contributed by atoms with E-state index in [-0.39, 0.29) is 5.78 Å². The van der Waals surface area contributed by atoms with Gasteiger partial charge in [-0.2, -0.15) is 0 Å². The van der Waals surface area contributed by atoms with Crippen molar-refractivity contribution in [1.82, 2.24) is 9.55 Å². The maximum atomic E-state index is 10.8. The van der Waals surface area contributed by atoms with Crippen LogP contribution in [-0.2, 0) is 7.05 Å². The lowest BCUT2D eigenvalue weighted by Crippen LogP contribution is -2.01. The third kappa shape index (κ3) is 1.07. The number of ketones is 1. The lowest BCUT2D eigenvalue weighted by atomic mass is 10.4. The Morgan fingerprint density at radius 2 is 2.30 bits per heavy atom. The second kappa shape index (κ2) is 2.25. The minimum Gasteiger partial charge on any atom is -0.331 e. The number of aromatic nitrogens is 2. The SMILES string of the molecule is CC(=O)c1nc(C)cn1C. The van der Waals surface area contributed by atoms with Crippen molar-refractivity contribution in [3.8, 4) is 0 Å². The fourth-order valence-corrected chi connectivity index (χ4v) is 0.943. The van der Waals surface area contributed by atoms with Gasteiger partial charge in [0.1, 0.15) is 0 Å². The predicted molar refractivity (Wildman–Crippen MR) is 37.9 cm³/mol. The molecule has 1 aromatic heterocycles. The first-order valence-electron chi connectivity index (χ1n) is 3.12. The molecule has 0 aromatic carbocycles. The van der Waals surface area contributed by atoms with Crippen molar-refractivity contribution in [2.45, 2.75) is 13.8 Å². The van der Waals surface area contributed by atoms with E-state index in [9.17, 15) is 4.79 Å². The Kier molecular flexibility index (Phi) is 1.57. The molecule has 0 atom stereocenters. The molecular formula is C7H10N2O. The summed E-state index contributed by atoms with van der Waals surface area (Å²) in [7, 11) is 1.82. The van der Waals surface area contributed by atoms with Crippen LogP contribution in [0.5, 0.6) is 0 Å². The molecule has 0 saturated heterocycles. The molecule has 54 valence electrons. The van der Waals surface area contributed by atoms with Gasteiger partial charge in [0.2, 0.25) is 0 Å². The number of carbonyl (C=O) groups is 1. The van der Waals surface area contributed by atoms with Gasteiger partial charge in [0.25, 0.3) is 0 Å². The highest BCUT2D eigenvalue weighted by atomic mass is 16.1. The van der Waals surface area contributed by atoms with E-state index >= 15 is 0 Å². The fraction of sp³-hybridized carbons (Fsp3) is 0.429. The highest BCUT2D eigenvalue weighted by molar-refractivity contribution is 5.90. The van der Waals surface area contributed by atoms with E-state index < -0.39 is 0 Å². The average molecular weight is 138 g/mol. The van der Waals surface area contributed by atoms with Gasteiger partial charge in [-0.25, -0.2) is 4.98 Å². The molecule has 3 heteroatoms. The lowest BCUT2D eigenvalue weighted by molar-refractivity contribution is 0.100. The number of carbonyl (C=O) groups excluding carboxylic acids is 1. The van der Waals surface area contributed by atoms with Crippen molar-refractivity contribution in [2.24, 2.45) is 7.05 Å². The maximum absolute atomic E-state index is 10.8. The van der Waals surface area contributed by atoms with E-state index in [1.54, 1.807) is 4.57 Å². The highest BCUT2D eigenvalue weighted by Crippen LogP contribution is 1.99. The van der Waals surface area contributed by atoms with E-state index in [4.69, 9.17) is 0 Å². The first-order valence-corrected chi connectivity index (χ1v) is 3.12. The molecule has 0 spiro atoms. The summed E-state index contributed by atoms with van der Waals surface area (Å²) in [5.41, 5.74) is 0.882. The summed E-state index contributed by atoms with van der Waals surface area (Å²) >= 11 is 0. The normalized spacial score (nSPS) is 9.90. The van der Waals surface area contributed by atoms with Gasteiger partial charge in [-0.1, -0.05) is 0 Å². The van der Waals surface area contributed by atoms with Gasteiger partial charge in [0.05, 0.1) is 5.69 Å². The Bertz CT molecular complexity index is 263. The van der Waals surface area contributed by atoms with Crippen molar-refractivity contribution >= 4 is 5.78 Å². The molecule has 1 heterocycles. The molecule has 0 bridgehead atoms. The Balaban J connectivity index is 3.15. The monoisotopic (exact) mass is 138 g/mol. The van der Waals surface area contributed by atoms with E-state index in [0.29, 0.717) is 5.82 Å². The molecule has 0 N–H and O–H groups in total. The van der Waals surface area contributed by atoms with Gasteiger partial charge >= 0.3 is 0 Å². The first-order chi connectivity index (χ1) is 4.61. The minimum absolute atomic E-state index is 0.00981. The number of nitrogens with zero attached hydrogens (tertiary/aromatic N) is 2. The summed E-state index contributed by atoms with van der Waals surface area (Å²) in [6, 6.07) is 0. The second-order valence-electron chi connectivity index (χ2n) is 2.37. The lowest BCUT2D eigenvalue weighted by Gasteiger charge is -1.92. The number of hydrogen-bond acceptors (Lipinski definition) is 2. The molecule has 0 unspecified atom stereocenters. The summed E-state index contributed by atoms with van der Waals surface area (Å²) in [5, 5.41) is 0. The zero-order chi connectivity index (χ0) is 7.72. The van der Waals surface area contributed by atoms with Gasteiger partial charge in [0, 0.05) is 20.2 Å². The van der Waals surface area contributed by atoms with Crippen LogP contribution in [0, 0.1) is 6.92 Å². The first kappa shape index (κ1) is 6.99. The van der Waals surface area contributed by atoms with Crippen LogP contribution < -0.4 is 0 Å². The number of Topliss-reactive ketones (excluding diaryl/α,β-unsaturated/α-hetero) is 1. The number of rotatable bonds is 1. The van der Waals surface area contributed by atoms with Gasteiger partial charge in [-0.3, -0.25) is 4.79 Å². The Labute approximate surface area is 59.7 Å². The van der Waals surface area contributed by atoms with Crippen molar-refractivity contribution < 1.29 is 4.79 Å². The zero-order valence-electron chi connectivity index (χ0n) is 6.38. The molecule has 0 radical (unpaired) electrons. The molecular weight excluding hydrogens is 128 g/mol. The van der Waals surface area contributed by atoms with Gasteiger partial charge in [-0.15, -0.1) is 0 Å². The van der Waals surface area contributed by atoms with Crippen LogP contribution in [0.2, 0.25) is 0 Å². The molecule has 1 rings (SSSR count). The number of aryl methyl sites for hydroxylation is 2. The molecule has 0 aliphatic rings. The number of imidazole rings is 1. The molecule has 0 amide bonds. The largest absolute Gasteiger partial charge is 0.331 e. The van der Waals surface area contributed by atoms with E-state index in [0.717, 1.165) is 5.69 Å². The molecule has 0 saturated carbocycles. The molecule has 0 aliphatic carbocycles. The summed E-state index contributed by atoms with van der Waals surface area (Å²) < 4.78 is 1.73. The van der Waals surface area contributed by atoms with Gasteiger partial charge < -0.3 is 4.57 Å². The average Bonchev–Trinajstić information content (AvgIpc) is 2.10. The van der Waals surface area contributed by atoms with Crippen molar-refractivity contribution in [2.75, 3.05) is 0 Å². The van der Waals surface area contributed by atoms with Crippen LogP contribution in [0.15, 0.2) is 6.20 Å².